The van der Waals surface area contributed by atoms with Crippen LogP contribution in [0.3, 0.4) is 0 Å². The fraction of sp³-hybridized carbons (Fsp3) is 0. The first kappa shape index (κ1) is 12.9. The van der Waals surface area contributed by atoms with Gasteiger partial charge in [-0.2, -0.15) is 0 Å². The molecule has 15 heavy (non-hydrogen) atoms. The topological polar surface area (TPSA) is 91.9 Å². The van der Waals surface area contributed by atoms with Crippen molar-refractivity contribution in [2.24, 2.45) is 0 Å². The average molecular weight is 210 g/mol. The van der Waals surface area contributed by atoms with Crippen molar-refractivity contribution in [3.63, 3.8) is 0 Å². The lowest BCUT2D eigenvalue weighted by Crippen LogP contribution is -1.90. The minimum atomic E-state index is -0.303. The molecule has 0 unspecified atom stereocenters. The Bertz CT molecular complexity index is 391. The molecule has 5 nitrogen and oxygen atoms in total. The number of hydrogen-bond donors (Lipinski definition) is 0. The predicted octanol–water partition coefficient (Wildman–Crippen LogP) is 0.455. The quantitative estimate of drug-likeness (QED) is 0.631. The maximum absolute atomic E-state index is 10.1. The minimum Gasteiger partial charge on any atom is -0.431 e. The predicted molar refractivity (Wildman–Crippen MR) is 53.6 cm³/mol. The molecule has 0 amide bonds. The highest BCUT2D eigenvalue weighted by atomic mass is 16.4. The molecule has 0 aliphatic heterocycles. The number of hydrogen-bond acceptors (Lipinski definition) is 4. The van der Waals surface area contributed by atoms with Gasteiger partial charge >= 0.3 is 11.3 Å². The van der Waals surface area contributed by atoms with Gasteiger partial charge in [0, 0.05) is 12.1 Å². The van der Waals surface area contributed by atoms with Crippen LogP contribution in [0, 0.1) is 0 Å². The van der Waals surface area contributed by atoms with E-state index in [1.165, 1.54) is 24.7 Å². The Morgan fingerprint density at radius 1 is 0.733 bits per heavy atom. The monoisotopic (exact) mass is 210 g/mol. The fourth-order valence-electron chi connectivity index (χ4n) is 0.650. The zero-order valence-corrected chi connectivity index (χ0v) is 7.75. The van der Waals surface area contributed by atoms with Crippen LogP contribution in [0.5, 0.6) is 0 Å². The summed E-state index contributed by atoms with van der Waals surface area (Å²) in [5.74, 6) is 0. The molecule has 0 spiro atoms. The second-order valence-electron chi connectivity index (χ2n) is 2.25. The van der Waals surface area contributed by atoms with Gasteiger partial charge in [0.1, 0.15) is 0 Å². The molecule has 2 rings (SSSR count). The van der Waals surface area contributed by atoms with Gasteiger partial charge in [-0.05, 0) is 12.1 Å². The first-order chi connectivity index (χ1) is 6.79. The summed E-state index contributed by atoms with van der Waals surface area (Å²) in [6.45, 7) is 0. The van der Waals surface area contributed by atoms with E-state index in [9.17, 15) is 9.59 Å². The van der Waals surface area contributed by atoms with Crippen molar-refractivity contribution < 1.29 is 14.3 Å². The summed E-state index contributed by atoms with van der Waals surface area (Å²) >= 11 is 0. The molecule has 2 aromatic rings. The highest BCUT2D eigenvalue weighted by Crippen LogP contribution is 1.72. The third-order valence-corrected chi connectivity index (χ3v) is 1.21. The van der Waals surface area contributed by atoms with Crippen molar-refractivity contribution in [2.45, 2.75) is 0 Å². The summed E-state index contributed by atoms with van der Waals surface area (Å²) in [6.07, 6.45) is 2.70. The van der Waals surface area contributed by atoms with Gasteiger partial charge < -0.3 is 14.3 Å². The molecule has 0 saturated carbocycles. The smallest absolute Gasteiger partial charge is 0.335 e. The standard InChI is InChI=1S/2C5H4O2.H2O/c2*6-5-3-1-2-4-7-5;/h2*1-4H;1H2. The van der Waals surface area contributed by atoms with Crippen molar-refractivity contribution in [1.82, 2.24) is 0 Å². The normalized spacial score (nSPS) is 8.00. The average Bonchev–Trinajstić information content (AvgIpc) is 2.21. The molecule has 0 aliphatic rings. The van der Waals surface area contributed by atoms with Crippen LogP contribution in [0.25, 0.3) is 0 Å². The Hall–Kier alpha value is -2.14. The molecule has 2 aromatic heterocycles. The van der Waals surface area contributed by atoms with Crippen molar-refractivity contribution >= 4 is 0 Å². The van der Waals surface area contributed by atoms with Crippen molar-refractivity contribution in [3.8, 4) is 0 Å². The second kappa shape index (κ2) is 7.28. The molecule has 80 valence electrons. The van der Waals surface area contributed by atoms with E-state index in [2.05, 4.69) is 8.83 Å². The molecule has 0 fully saturated rings. The van der Waals surface area contributed by atoms with Crippen molar-refractivity contribution in [1.29, 1.82) is 0 Å². The van der Waals surface area contributed by atoms with Crippen LogP contribution in [0.1, 0.15) is 0 Å². The molecular formula is C10H10O5. The fourth-order valence-corrected chi connectivity index (χ4v) is 0.650. The lowest BCUT2D eigenvalue weighted by atomic mass is 10.5. The Morgan fingerprint density at radius 3 is 1.27 bits per heavy atom. The zero-order chi connectivity index (χ0) is 10.2. The van der Waals surface area contributed by atoms with Gasteiger partial charge in [0.15, 0.2) is 0 Å². The second-order valence-corrected chi connectivity index (χ2v) is 2.25. The minimum absolute atomic E-state index is 0. The first-order valence-corrected chi connectivity index (χ1v) is 3.87. The Morgan fingerprint density at radius 2 is 1.13 bits per heavy atom. The summed E-state index contributed by atoms with van der Waals surface area (Å²) in [5.41, 5.74) is -0.606. The van der Waals surface area contributed by atoms with Crippen LogP contribution >= 0.6 is 0 Å². The van der Waals surface area contributed by atoms with Crippen LogP contribution in [0.4, 0.5) is 0 Å². The number of rotatable bonds is 0. The lowest BCUT2D eigenvalue weighted by Gasteiger charge is -1.72. The van der Waals surface area contributed by atoms with E-state index in [-0.39, 0.29) is 16.7 Å². The highest BCUT2D eigenvalue weighted by Gasteiger charge is 1.73. The van der Waals surface area contributed by atoms with Crippen LogP contribution in [0.2, 0.25) is 0 Å². The summed E-state index contributed by atoms with van der Waals surface area (Å²) in [6, 6.07) is 9.29. The van der Waals surface area contributed by atoms with E-state index < -0.39 is 0 Å². The molecule has 0 bridgehead atoms. The summed E-state index contributed by atoms with van der Waals surface area (Å²) in [5, 5.41) is 0. The van der Waals surface area contributed by atoms with E-state index in [4.69, 9.17) is 0 Å². The SMILES string of the molecule is O.O=c1cccco1.O=c1cccco1. The van der Waals surface area contributed by atoms with Crippen LogP contribution in [-0.4, -0.2) is 5.48 Å². The van der Waals surface area contributed by atoms with Crippen LogP contribution < -0.4 is 11.3 Å². The highest BCUT2D eigenvalue weighted by molar-refractivity contribution is 4.86. The Kier molecular flexibility index (Phi) is 6.24. The molecule has 0 aromatic carbocycles. The van der Waals surface area contributed by atoms with Gasteiger partial charge in [0.25, 0.3) is 0 Å². The van der Waals surface area contributed by atoms with Crippen molar-refractivity contribution in [3.05, 3.63) is 69.8 Å². The largest absolute Gasteiger partial charge is 0.431 e. The molecular weight excluding hydrogens is 200 g/mol. The summed E-state index contributed by atoms with van der Waals surface area (Å²) in [4.78, 5) is 20.2. The molecule has 0 radical (unpaired) electrons. The van der Waals surface area contributed by atoms with E-state index in [0.29, 0.717) is 0 Å². The van der Waals surface area contributed by atoms with E-state index in [0.717, 1.165) is 0 Å². The molecule has 0 aliphatic carbocycles. The van der Waals surface area contributed by atoms with Crippen LogP contribution in [0.15, 0.2) is 67.3 Å². The van der Waals surface area contributed by atoms with E-state index >= 15 is 0 Å². The van der Waals surface area contributed by atoms with Gasteiger partial charge in [-0.3, -0.25) is 0 Å². The van der Waals surface area contributed by atoms with E-state index in [1.807, 2.05) is 0 Å². The van der Waals surface area contributed by atoms with Crippen LogP contribution in [-0.2, 0) is 0 Å². The summed E-state index contributed by atoms with van der Waals surface area (Å²) in [7, 11) is 0. The molecule has 2 N–H and O–H groups in total. The van der Waals surface area contributed by atoms with Gasteiger partial charge in [0.05, 0.1) is 12.5 Å². The van der Waals surface area contributed by atoms with Gasteiger partial charge in [-0.15, -0.1) is 0 Å². The zero-order valence-electron chi connectivity index (χ0n) is 7.75. The van der Waals surface area contributed by atoms with Crippen molar-refractivity contribution in [2.75, 3.05) is 0 Å². The van der Waals surface area contributed by atoms with Gasteiger partial charge in [-0.1, -0.05) is 12.1 Å². The maximum atomic E-state index is 10.1. The Labute approximate surface area is 84.9 Å². The summed E-state index contributed by atoms with van der Waals surface area (Å²) < 4.78 is 8.74. The van der Waals surface area contributed by atoms with E-state index in [1.54, 1.807) is 24.3 Å². The molecule has 0 saturated heterocycles. The van der Waals surface area contributed by atoms with Gasteiger partial charge in [-0.25, -0.2) is 9.59 Å². The molecule has 2 heterocycles. The molecule has 5 heteroatoms. The molecule has 0 atom stereocenters. The third kappa shape index (κ3) is 6.00. The first-order valence-electron chi connectivity index (χ1n) is 3.87. The lowest BCUT2D eigenvalue weighted by molar-refractivity contribution is 0.510. The van der Waals surface area contributed by atoms with Gasteiger partial charge in [0.2, 0.25) is 0 Å². The Balaban J connectivity index is 0.000000245. The third-order valence-electron chi connectivity index (χ3n) is 1.21. The maximum Gasteiger partial charge on any atom is 0.335 e.